The van der Waals surface area contributed by atoms with Crippen LogP contribution in [0.1, 0.15) is 27.6 Å². The summed E-state index contributed by atoms with van der Waals surface area (Å²) in [6.45, 7) is 1.44. The number of halogens is 1. The van der Waals surface area contributed by atoms with Gasteiger partial charge in [-0.2, -0.15) is 0 Å². The van der Waals surface area contributed by atoms with Crippen molar-refractivity contribution in [1.82, 2.24) is 0 Å². The summed E-state index contributed by atoms with van der Waals surface area (Å²) in [4.78, 5) is 37.8. The number of benzene rings is 3. The molecule has 29 heavy (non-hydrogen) atoms. The van der Waals surface area contributed by atoms with Gasteiger partial charge in [0.15, 0.2) is 0 Å². The van der Waals surface area contributed by atoms with Gasteiger partial charge in [-0.1, -0.05) is 0 Å². The first-order chi connectivity index (χ1) is 13.9. The van der Waals surface area contributed by atoms with Gasteiger partial charge in [0.1, 0.15) is 11.5 Å². The number of carbonyl (C=O) groups is 3. The lowest BCUT2D eigenvalue weighted by molar-refractivity contribution is -0.114. The minimum atomic E-state index is -0.377. The van der Waals surface area contributed by atoms with Gasteiger partial charge < -0.3 is 10.1 Å². The topological polar surface area (TPSA) is 75.7 Å². The molecule has 6 nitrogen and oxygen atoms in total. The van der Waals surface area contributed by atoms with Gasteiger partial charge in [-0.15, -0.1) is 0 Å². The van der Waals surface area contributed by atoms with Crippen molar-refractivity contribution in [3.05, 3.63) is 81.4 Å². The summed E-state index contributed by atoms with van der Waals surface area (Å²) in [6.07, 6.45) is 0. The van der Waals surface area contributed by atoms with Crippen molar-refractivity contribution < 1.29 is 19.1 Å². The molecule has 1 N–H and O–H groups in total. The maximum atomic E-state index is 12.9. The van der Waals surface area contributed by atoms with E-state index in [4.69, 9.17) is 4.74 Å². The van der Waals surface area contributed by atoms with E-state index in [1.54, 1.807) is 54.6 Å². The van der Waals surface area contributed by atoms with Crippen molar-refractivity contribution in [2.45, 2.75) is 6.92 Å². The summed E-state index contributed by atoms with van der Waals surface area (Å²) in [6, 6.07) is 18.9. The number of ether oxygens (including phenoxy) is 1. The van der Waals surface area contributed by atoms with E-state index in [-0.39, 0.29) is 17.7 Å². The molecule has 0 bridgehead atoms. The highest BCUT2D eigenvalue weighted by Gasteiger charge is 2.37. The van der Waals surface area contributed by atoms with Crippen LogP contribution < -0.4 is 15.0 Å². The Morgan fingerprint density at radius 3 is 2.14 bits per heavy atom. The number of hydrogen-bond donors (Lipinski definition) is 1. The van der Waals surface area contributed by atoms with Gasteiger partial charge in [0.25, 0.3) is 11.8 Å². The molecule has 3 aromatic carbocycles. The third-order valence-electron chi connectivity index (χ3n) is 4.35. The number of rotatable bonds is 4. The Labute approximate surface area is 180 Å². The highest BCUT2D eigenvalue weighted by molar-refractivity contribution is 14.1. The smallest absolute Gasteiger partial charge is 0.266 e. The SMILES string of the molecule is CC(=O)Nc1ccc(Oc2ccc3c(c2)C(=O)N(c2ccc(I)cc2)C3=O)cc1. The molecule has 0 radical (unpaired) electrons. The van der Waals surface area contributed by atoms with Crippen LogP contribution in [0, 0.1) is 3.57 Å². The Bertz CT molecular complexity index is 1120. The first-order valence-corrected chi connectivity index (χ1v) is 9.84. The van der Waals surface area contributed by atoms with Crippen LogP contribution in [0.3, 0.4) is 0 Å². The molecule has 3 amide bonds. The van der Waals surface area contributed by atoms with Crippen molar-refractivity contribution in [3.8, 4) is 11.5 Å². The lowest BCUT2D eigenvalue weighted by atomic mass is 10.1. The maximum absolute atomic E-state index is 12.9. The Balaban J connectivity index is 1.57. The molecule has 0 aromatic heterocycles. The first kappa shape index (κ1) is 19.1. The van der Waals surface area contributed by atoms with Crippen LogP contribution in [0.25, 0.3) is 0 Å². The van der Waals surface area contributed by atoms with E-state index in [2.05, 4.69) is 27.9 Å². The fourth-order valence-corrected chi connectivity index (χ4v) is 3.41. The molecule has 7 heteroatoms. The van der Waals surface area contributed by atoms with Gasteiger partial charge in [-0.25, -0.2) is 4.90 Å². The second-order valence-corrected chi connectivity index (χ2v) is 7.68. The van der Waals surface area contributed by atoms with Crippen LogP contribution in [-0.4, -0.2) is 17.7 Å². The maximum Gasteiger partial charge on any atom is 0.266 e. The second-order valence-electron chi connectivity index (χ2n) is 6.44. The van der Waals surface area contributed by atoms with Gasteiger partial charge >= 0.3 is 0 Å². The zero-order valence-electron chi connectivity index (χ0n) is 15.3. The summed E-state index contributed by atoms with van der Waals surface area (Å²) in [5.41, 5.74) is 1.85. The molecule has 4 rings (SSSR count). The highest BCUT2D eigenvalue weighted by Crippen LogP contribution is 2.32. The molecular weight excluding hydrogens is 483 g/mol. The molecule has 0 aliphatic carbocycles. The number of imide groups is 1. The van der Waals surface area contributed by atoms with E-state index in [0.717, 1.165) is 3.57 Å². The predicted molar refractivity (Wildman–Crippen MR) is 118 cm³/mol. The quantitative estimate of drug-likeness (QED) is 0.413. The minimum Gasteiger partial charge on any atom is -0.457 e. The number of anilines is 2. The first-order valence-electron chi connectivity index (χ1n) is 8.76. The average Bonchev–Trinajstić information content (AvgIpc) is 2.94. The third kappa shape index (κ3) is 3.86. The van der Waals surface area contributed by atoms with Crippen molar-refractivity contribution in [2.24, 2.45) is 0 Å². The summed E-state index contributed by atoms with van der Waals surface area (Å²) < 4.78 is 6.82. The summed E-state index contributed by atoms with van der Waals surface area (Å²) >= 11 is 2.17. The number of carbonyl (C=O) groups excluding carboxylic acids is 3. The number of fused-ring (bicyclic) bond motifs is 1. The van der Waals surface area contributed by atoms with E-state index >= 15 is 0 Å². The third-order valence-corrected chi connectivity index (χ3v) is 5.07. The van der Waals surface area contributed by atoms with Crippen LogP contribution in [0.2, 0.25) is 0 Å². The van der Waals surface area contributed by atoms with Crippen LogP contribution in [-0.2, 0) is 4.79 Å². The second kappa shape index (κ2) is 7.67. The van der Waals surface area contributed by atoms with E-state index in [0.29, 0.717) is 34.0 Å². The monoisotopic (exact) mass is 498 g/mol. The van der Waals surface area contributed by atoms with Gasteiger partial charge in [-0.05, 0) is 89.3 Å². The molecule has 144 valence electrons. The Hall–Kier alpha value is -3.20. The standard InChI is InChI=1S/C22H15IN2O4/c1-13(26)24-15-4-8-17(9-5-15)29-18-10-11-19-20(12-18)22(28)25(21(19)27)16-6-2-14(23)3-7-16/h2-12H,1H3,(H,24,26). The minimum absolute atomic E-state index is 0.154. The zero-order valence-corrected chi connectivity index (χ0v) is 17.5. The summed E-state index contributed by atoms with van der Waals surface area (Å²) in [7, 11) is 0. The normalized spacial score (nSPS) is 12.7. The van der Waals surface area contributed by atoms with Crippen molar-refractivity contribution >= 4 is 51.7 Å². The molecule has 1 heterocycles. The van der Waals surface area contributed by atoms with E-state index in [1.807, 2.05) is 12.1 Å². The van der Waals surface area contributed by atoms with Gasteiger partial charge in [0, 0.05) is 16.2 Å². The van der Waals surface area contributed by atoms with Crippen LogP contribution >= 0.6 is 22.6 Å². The summed E-state index contributed by atoms with van der Waals surface area (Å²) in [5.74, 6) is 0.111. The Morgan fingerprint density at radius 2 is 1.48 bits per heavy atom. The van der Waals surface area contributed by atoms with Crippen LogP contribution in [0.15, 0.2) is 66.7 Å². The number of hydrogen-bond acceptors (Lipinski definition) is 4. The number of amides is 3. The fraction of sp³-hybridized carbons (Fsp3) is 0.0455. The Kier molecular flexibility index (Phi) is 5.06. The van der Waals surface area contributed by atoms with Crippen molar-refractivity contribution in [2.75, 3.05) is 10.2 Å². The molecule has 1 aliphatic heterocycles. The molecule has 0 atom stereocenters. The van der Waals surface area contributed by atoms with Gasteiger partial charge in [-0.3, -0.25) is 14.4 Å². The lowest BCUT2D eigenvalue weighted by Gasteiger charge is -2.13. The van der Waals surface area contributed by atoms with Gasteiger partial charge in [0.2, 0.25) is 5.91 Å². The molecule has 1 aliphatic rings. The number of nitrogens with zero attached hydrogens (tertiary/aromatic N) is 1. The zero-order chi connectivity index (χ0) is 20.5. The van der Waals surface area contributed by atoms with E-state index in [1.165, 1.54) is 11.8 Å². The number of nitrogens with one attached hydrogen (secondary N) is 1. The van der Waals surface area contributed by atoms with E-state index < -0.39 is 0 Å². The molecule has 0 saturated carbocycles. The molecular formula is C22H15IN2O4. The average molecular weight is 498 g/mol. The fourth-order valence-electron chi connectivity index (χ4n) is 3.05. The summed E-state index contributed by atoms with van der Waals surface area (Å²) in [5, 5.41) is 2.68. The largest absolute Gasteiger partial charge is 0.457 e. The molecule has 3 aromatic rings. The van der Waals surface area contributed by atoms with Crippen molar-refractivity contribution in [3.63, 3.8) is 0 Å². The van der Waals surface area contributed by atoms with E-state index in [9.17, 15) is 14.4 Å². The lowest BCUT2D eigenvalue weighted by Crippen LogP contribution is -2.29. The van der Waals surface area contributed by atoms with Crippen LogP contribution in [0.4, 0.5) is 11.4 Å². The molecule has 0 unspecified atom stereocenters. The Morgan fingerprint density at radius 1 is 0.862 bits per heavy atom. The predicted octanol–water partition coefficient (Wildman–Crippen LogP) is 4.84. The molecule has 0 spiro atoms. The molecule has 0 fully saturated rings. The van der Waals surface area contributed by atoms with Gasteiger partial charge in [0.05, 0.1) is 16.8 Å². The molecule has 0 saturated heterocycles. The van der Waals surface area contributed by atoms with Crippen molar-refractivity contribution in [1.29, 1.82) is 0 Å². The van der Waals surface area contributed by atoms with Crippen LogP contribution in [0.5, 0.6) is 11.5 Å². The highest BCUT2D eigenvalue weighted by atomic mass is 127.